The van der Waals surface area contributed by atoms with Crippen LogP contribution in [0.1, 0.15) is 18.4 Å². The van der Waals surface area contributed by atoms with Gasteiger partial charge in [-0.25, -0.2) is 13.4 Å². The number of benzene rings is 1. The summed E-state index contributed by atoms with van der Waals surface area (Å²) in [7, 11) is -3.60. The fourth-order valence-corrected chi connectivity index (χ4v) is 4.06. The Kier molecular flexibility index (Phi) is 3.55. The molecule has 0 fully saturated rings. The molecule has 0 aliphatic carbocycles. The van der Waals surface area contributed by atoms with E-state index in [0.717, 1.165) is 30.5 Å². The molecule has 5 nitrogen and oxygen atoms in total. The van der Waals surface area contributed by atoms with Crippen molar-refractivity contribution in [2.75, 3.05) is 16.6 Å². The monoisotopic (exact) mass is 303 g/mol. The molecule has 110 valence electrons. The van der Waals surface area contributed by atoms with Gasteiger partial charge in [0, 0.05) is 12.7 Å². The number of fused-ring (bicyclic) bond motifs is 1. The van der Waals surface area contributed by atoms with Crippen LogP contribution in [0.5, 0.6) is 0 Å². The van der Waals surface area contributed by atoms with Crippen molar-refractivity contribution in [2.24, 2.45) is 0 Å². The molecule has 0 amide bonds. The predicted octanol–water partition coefficient (Wildman–Crippen LogP) is 2.20. The molecule has 0 atom stereocenters. The lowest BCUT2D eigenvalue weighted by Crippen LogP contribution is -2.32. The first-order valence-corrected chi connectivity index (χ1v) is 8.35. The van der Waals surface area contributed by atoms with Gasteiger partial charge in [0.15, 0.2) is 0 Å². The van der Waals surface area contributed by atoms with Crippen molar-refractivity contribution < 1.29 is 8.42 Å². The molecular formula is C15H17N3O2S. The van der Waals surface area contributed by atoms with Crippen molar-refractivity contribution >= 4 is 21.5 Å². The second-order valence-electron chi connectivity index (χ2n) is 5.08. The van der Waals surface area contributed by atoms with E-state index >= 15 is 0 Å². The SMILES string of the molecule is Nc1ccc(S(=O)(=O)N2CCCCc3ccccc32)cn1. The quantitative estimate of drug-likeness (QED) is 0.922. The average Bonchev–Trinajstić information content (AvgIpc) is 2.70. The summed E-state index contributed by atoms with van der Waals surface area (Å²) in [5.74, 6) is 0.310. The van der Waals surface area contributed by atoms with Gasteiger partial charge in [-0.3, -0.25) is 4.31 Å². The lowest BCUT2D eigenvalue weighted by atomic mass is 10.1. The van der Waals surface area contributed by atoms with Crippen LogP contribution < -0.4 is 10.0 Å². The third-order valence-corrected chi connectivity index (χ3v) is 5.46. The number of nitrogens with two attached hydrogens (primary N) is 1. The second kappa shape index (κ2) is 5.37. The van der Waals surface area contributed by atoms with Crippen LogP contribution in [0.2, 0.25) is 0 Å². The molecule has 0 saturated heterocycles. The highest BCUT2D eigenvalue weighted by molar-refractivity contribution is 7.92. The molecule has 0 spiro atoms. The summed E-state index contributed by atoms with van der Waals surface area (Å²) in [4.78, 5) is 4.07. The van der Waals surface area contributed by atoms with Crippen LogP contribution >= 0.6 is 0 Å². The van der Waals surface area contributed by atoms with Crippen LogP contribution in [0.25, 0.3) is 0 Å². The van der Waals surface area contributed by atoms with Crippen molar-refractivity contribution in [3.8, 4) is 0 Å². The van der Waals surface area contributed by atoms with Gasteiger partial charge in [-0.2, -0.15) is 0 Å². The highest BCUT2D eigenvalue weighted by Crippen LogP contribution is 2.30. The van der Waals surface area contributed by atoms with Crippen molar-refractivity contribution in [3.63, 3.8) is 0 Å². The Morgan fingerprint density at radius 3 is 2.67 bits per heavy atom. The molecule has 1 aliphatic heterocycles. The fraction of sp³-hybridized carbons (Fsp3) is 0.267. The molecule has 1 aromatic heterocycles. The van der Waals surface area contributed by atoms with Gasteiger partial charge >= 0.3 is 0 Å². The molecule has 1 aromatic carbocycles. The van der Waals surface area contributed by atoms with Crippen molar-refractivity contribution in [2.45, 2.75) is 24.2 Å². The smallest absolute Gasteiger partial charge is 0.265 e. The Balaban J connectivity index is 2.08. The Hall–Kier alpha value is -2.08. The second-order valence-corrected chi connectivity index (χ2v) is 6.94. The van der Waals surface area contributed by atoms with Crippen molar-refractivity contribution in [1.29, 1.82) is 0 Å². The Morgan fingerprint density at radius 2 is 1.90 bits per heavy atom. The number of rotatable bonds is 2. The third kappa shape index (κ3) is 2.58. The molecular weight excluding hydrogens is 286 g/mol. The maximum Gasteiger partial charge on any atom is 0.265 e. The van der Waals surface area contributed by atoms with Gasteiger partial charge in [0.25, 0.3) is 10.0 Å². The Labute approximate surface area is 124 Å². The molecule has 2 aromatic rings. The number of anilines is 2. The predicted molar refractivity (Wildman–Crippen MR) is 82.6 cm³/mol. The summed E-state index contributed by atoms with van der Waals surface area (Å²) in [5.41, 5.74) is 7.37. The zero-order valence-electron chi connectivity index (χ0n) is 11.6. The molecule has 3 rings (SSSR count). The molecule has 2 heterocycles. The number of para-hydroxylation sites is 1. The summed E-state index contributed by atoms with van der Waals surface area (Å²) in [5, 5.41) is 0. The normalized spacial score (nSPS) is 15.3. The number of hydrogen-bond donors (Lipinski definition) is 1. The van der Waals surface area contributed by atoms with Gasteiger partial charge in [0.2, 0.25) is 0 Å². The van der Waals surface area contributed by atoms with Gasteiger partial charge in [-0.1, -0.05) is 18.2 Å². The van der Waals surface area contributed by atoms with E-state index in [2.05, 4.69) is 4.98 Å². The number of nitrogen functional groups attached to an aromatic ring is 1. The highest BCUT2D eigenvalue weighted by atomic mass is 32.2. The fourth-order valence-electron chi connectivity index (χ4n) is 2.58. The number of nitrogens with zero attached hydrogens (tertiary/aromatic N) is 2. The maximum atomic E-state index is 12.9. The first-order chi connectivity index (χ1) is 10.1. The van der Waals surface area contributed by atoms with Crippen LogP contribution in [0.4, 0.5) is 11.5 Å². The van der Waals surface area contributed by atoms with Crippen molar-refractivity contribution in [1.82, 2.24) is 4.98 Å². The van der Waals surface area contributed by atoms with E-state index in [-0.39, 0.29) is 4.90 Å². The first kappa shape index (κ1) is 13.9. The highest BCUT2D eigenvalue weighted by Gasteiger charge is 2.27. The lowest BCUT2D eigenvalue weighted by Gasteiger charge is -2.24. The minimum absolute atomic E-state index is 0.174. The maximum absolute atomic E-state index is 12.9. The van der Waals surface area contributed by atoms with Crippen LogP contribution in [0.3, 0.4) is 0 Å². The number of hydrogen-bond acceptors (Lipinski definition) is 4. The molecule has 1 aliphatic rings. The molecule has 0 radical (unpaired) electrons. The topological polar surface area (TPSA) is 76.3 Å². The van der Waals surface area contributed by atoms with Crippen LogP contribution in [0, 0.1) is 0 Å². The summed E-state index contributed by atoms with van der Waals surface area (Å²) < 4.78 is 27.2. The average molecular weight is 303 g/mol. The van der Waals surface area contributed by atoms with E-state index in [1.54, 1.807) is 0 Å². The molecule has 0 unspecified atom stereocenters. The molecule has 2 N–H and O–H groups in total. The van der Waals surface area contributed by atoms with Gasteiger partial charge in [0.05, 0.1) is 5.69 Å². The summed E-state index contributed by atoms with van der Waals surface area (Å²) in [6.45, 7) is 0.490. The Bertz CT molecular complexity index is 742. The molecule has 0 saturated carbocycles. The van der Waals surface area contributed by atoms with E-state index in [9.17, 15) is 8.42 Å². The van der Waals surface area contributed by atoms with E-state index < -0.39 is 10.0 Å². The zero-order valence-corrected chi connectivity index (χ0v) is 12.4. The van der Waals surface area contributed by atoms with Crippen LogP contribution in [-0.4, -0.2) is 19.9 Å². The van der Waals surface area contributed by atoms with Crippen LogP contribution in [-0.2, 0) is 16.4 Å². The summed E-state index contributed by atoms with van der Waals surface area (Å²) in [6.07, 6.45) is 4.06. The van der Waals surface area contributed by atoms with Gasteiger partial charge < -0.3 is 5.73 Å². The van der Waals surface area contributed by atoms with E-state index in [0.29, 0.717) is 12.4 Å². The van der Waals surface area contributed by atoms with E-state index in [1.165, 1.54) is 22.6 Å². The molecule has 6 heteroatoms. The molecule has 0 bridgehead atoms. The minimum atomic E-state index is -3.60. The standard InChI is InChI=1S/C15H17N3O2S/c16-15-9-8-13(11-17-15)21(19,20)18-10-4-3-6-12-5-1-2-7-14(12)18/h1-2,5,7-9,11H,3-4,6,10H2,(H2,16,17). The number of sulfonamides is 1. The van der Waals surface area contributed by atoms with Gasteiger partial charge in [-0.05, 0) is 43.0 Å². The first-order valence-electron chi connectivity index (χ1n) is 6.91. The summed E-state index contributed by atoms with van der Waals surface area (Å²) >= 11 is 0. The zero-order chi connectivity index (χ0) is 14.9. The van der Waals surface area contributed by atoms with E-state index in [4.69, 9.17) is 5.73 Å². The number of pyridine rings is 1. The molecule has 21 heavy (non-hydrogen) atoms. The number of aryl methyl sites for hydroxylation is 1. The third-order valence-electron chi connectivity index (χ3n) is 3.66. The lowest BCUT2D eigenvalue weighted by molar-refractivity contribution is 0.589. The number of aromatic nitrogens is 1. The summed E-state index contributed by atoms with van der Waals surface area (Å²) in [6, 6.07) is 10.7. The van der Waals surface area contributed by atoms with Gasteiger partial charge in [0.1, 0.15) is 10.7 Å². The minimum Gasteiger partial charge on any atom is -0.384 e. The Morgan fingerprint density at radius 1 is 1.10 bits per heavy atom. The largest absolute Gasteiger partial charge is 0.384 e. The van der Waals surface area contributed by atoms with Crippen LogP contribution in [0.15, 0.2) is 47.5 Å². The van der Waals surface area contributed by atoms with Crippen molar-refractivity contribution in [3.05, 3.63) is 48.2 Å². The van der Waals surface area contributed by atoms with Gasteiger partial charge in [-0.15, -0.1) is 0 Å². The van der Waals surface area contributed by atoms with E-state index in [1.807, 2.05) is 24.3 Å².